The average Bonchev–Trinajstić information content (AvgIpc) is 2.33. The first-order valence-corrected chi connectivity index (χ1v) is 6.61. The van der Waals surface area contributed by atoms with Crippen LogP contribution in [0.15, 0.2) is 24.3 Å². The van der Waals surface area contributed by atoms with Crippen LogP contribution in [-0.2, 0) is 0 Å². The molecule has 1 aliphatic carbocycles. The summed E-state index contributed by atoms with van der Waals surface area (Å²) < 4.78 is 0. The second-order valence-corrected chi connectivity index (χ2v) is 5.09. The molecule has 1 fully saturated rings. The second kappa shape index (κ2) is 5.38. The van der Waals surface area contributed by atoms with Gasteiger partial charge in [0.05, 0.1) is 0 Å². The van der Waals surface area contributed by atoms with E-state index in [1.165, 1.54) is 43.4 Å². The zero-order valence-corrected chi connectivity index (χ0v) is 10.5. The standard InChI is InChI=1S/C15H23N/c1-3-13-8-10-14(11-9-13)16-15-7-5-4-6-12(15)2/h4-7,13-14,16H,3,8-11H2,1-2H3. The van der Waals surface area contributed by atoms with Crippen molar-refractivity contribution in [2.24, 2.45) is 5.92 Å². The Labute approximate surface area is 99.3 Å². The van der Waals surface area contributed by atoms with Gasteiger partial charge in [-0.25, -0.2) is 0 Å². The van der Waals surface area contributed by atoms with Gasteiger partial charge in [0.2, 0.25) is 0 Å². The largest absolute Gasteiger partial charge is 0.382 e. The van der Waals surface area contributed by atoms with Crippen LogP contribution in [0.3, 0.4) is 0 Å². The third-order valence-electron chi connectivity index (χ3n) is 3.93. The number of anilines is 1. The molecule has 0 aromatic heterocycles. The summed E-state index contributed by atoms with van der Waals surface area (Å²) in [5.41, 5.74) is 2.68. The molecule has 1 saturated carbocycles. The molecular formula is C15H23N. The number of para-hydroxylation sites is 1. The minimum absolute atomic E-state index is 0.698. The highest BCUT2D eigenvalue weighted by atomic mass is 14.9. The van der Waals surface area contributed by atoms with Crippen LogP contribution < -0.4 is 5.32 Å². The molecule has 0 aliphatic heterocycles. The summed E-state index contributed by atoms with van der Waals surface area (Å²) in [6.07, 6.45) is 6.84. The lowest BCUT2D eigenvalue weighted by Crippen LogP contribution is -2.26. The summed E-state index contributed by atoms with van der Waals surface area (Å²) in [7, 11) is 0. The number of hydrogen-bond acceptors (Lipinski definition) is 1. The van der Waals surface area contributed by atoms with Gasteiger partial charge in [-0.2, -0.15) is 0 Å². The maximum absolute atomic E-state index is 3.69. The van der Waals surface area contributed by atoms with Crippen molar-refractivity contribution in [2.45, 2.75) is 52.0 Å². The second-order valence-electron chi connectivity index (χ2n) is 5.09. The molecule has 1 heteroatoms. The Bertz CT molecular complexity index is 324. The monoisotopic (exact) mass is 217 g/mol. The normalized spacial score (nSPS) is 25.4. The Morgan fingerprint density at radius 3 is 2.44 bits per heavy atom. The van der Waals surface area contributed by atoms with Crippen molar-refractivity contribution in [3.63, 3.8) is 0 Å². The molecule has 0 saturated heterocycles. The van der Waals surface area contributed by atoms with E-state index in [0.717, 1.165) is 5.92 Å². The Morgan fingerprint density at radius 1 is 1.12 bits per heavy atom. The van der Waals surface area contributed by atoms with E-state index in [1.807, 2.05) is 0 Å². The molecule has 0 bridgehead atoms. The van der Waals surface area contributed by atoms with E-state index < -0.39 is 0 Å². The molecule has 0 atom stereocenters. The predicted octanol–water partition coefficient (Wildman–Crippen LogP) is 4.38. The molecule has 0 unspecified atom stereocenters. The Morgan fingerprint density at radius 2 is 1.81 bits per heavy atom. The summed E-state index contributed by atoms with van der Waals surface area (Å²) >= 11 is 0. The molecule has 1 nitrogen and oxygen atoms in total. The van der Waals surface area contributed by atoms with E-state index in [0.29, 0.717) is 6.04 Å². The molecule has 2 rings (SSSR count). The van der Waals surface area contributed by atoms with Crippen molar-refractivity contribution >= 4 is 5.69 Å². The van der Waals surface area contributed by atoms with Gasteiger partial charge >= 0.3 is 0 Å². The van der Waals surface area contributed by atoms with E-state index in [2.05, 4.69) is 43.4 Å². The smallest absolute Gasteiger partial charge is 0.0372 e. The van der Waals surface area contributed by atoms with Crippen LogP contribution in [0.2, 0.25) is 0 Å². The molecule has 0 radical (unpaired) electrons. The van der Waals surface area contributed by atoms with Crippen molar-refractivity contribution in [1.82, 2.24) is 0 Å². The average molecular weight is 217 g/mol. The number of benzene rings is 1. The van der Waals surface area contributed by atoms with Crippen molar-refractivity contribution in [1.29, 1.82) is 0 Å². The molecule has 1 N–H and O–H groups in total. The summed E-state index contributed by atoms with van der Waals surface area (Å²) in [5, 5.41) is 3.69. The quantitative estimate of drug-likeness (QED) is 0.792. The van der Waals surface area contributed by atoms with Crippen molar-refractivity contribution in [3.8, 4) is 0 Å². The minimum atomic E-state index is 0.698. The van der Waals surface area contributed by atoms with Crippen LogP contribution in [-0.4, -0.2) is 6.04 Å². The lowest BCUT2D eigenvalue weighted by molar-refractivity contribution is 0.330. The van der Waals surface area contributed by atoms with Crippen LogP contribution in [0.25, 0.3) is 0 Å². The maximum atomic E-state index is 3.69. The van der Waals surface area contributed by atoms with E-state index >= 15 is 0 Å². The van der Waals surface area contributed by atoms with E-state index in [9.17, 15) is 0 Å². The van der Waals surface area contributed by atoms with Gasteiger partial charge in [0.25, 0.3) is 0 Å². The lowest BCUT2D eigenvalue weighted by Gasteiger charge is -2.29. The Hall–Kier alpha value is -0.980. The third kappa shape index (κ3) is 2.78. The summed E-state index contributed by atoms with van der Waals surface area (Å²) in [6.45, 7) is 4.50. The molecule has 88 valence electrons. The fraction of sp³-hybridized carbons (Fsp3) is 0.600. The van der Waals surface area contributed by atoms with Crippen molar-refractivity contribution < 1.29 is 0 Å². The minimum Gasteiger partial charge on any atom is -0.382 e. The number of rotatable bonds is 3. The first kappa shape index (κ1) is 11.5. The van der Waals surface area contributed by atoms with Gasteiger partial charge < -0.3 is 5.32 Å². The molecule has 1 aromatic rings. The van der Waals surface area contributed by atoms with Crippen LogP contribution in [0.5, 0.6) is 0 Å². The molecule has 0 amide bonds. The summed E-state index contributed by atoms with van der Waals surface area (Å²) in [6, 6.07) is 9.30. The van der Waals surface area contributed by atoms with E-state index in [-0.39, 0.29) is 0 Å². The summed E-state index contributed by atoms with van der Waals surface area (Å²) in [4.78, 5) is 0. The molecule has 16 heavy (non-hydrogen) atoms. The Balaban J connectivity index is 1.89. The highest BCUT2D eigenvalue weighted by Gasteiger charge is 2.19. The molecule has 0 heterocycles. The van der Waals surface area contributed by atoms with Crippen molar-refractivity contribution in [3.05, 3.63) is 29.8 Å². The van der Waals surface area contributed by atoms with Gasteiger partial charge in [0, 0.05) is 11.7 Å². The van der Waals surface area contributed by atoms with Crippen LogP contribution in [0.4, 0.5) is 5.69 Å². The number of aryl methyl sites for hydroxylation is 1. The van der Waals surface area contributed by atoms with Gasteiger partial charge in [-0.15, -0.1) is 0 Å². The fourth-order valence-electron chi connectivity index (χ4n) is 2.67. The van der Waals surface area contributed by atoms with Crippen LogP contribution in [0.1, 0.15) is 44.6 Å². The van der Waals surface area contributed by atoms with Crippen LogP contribution in [0, 0.1) is 12.8 Å². The highest BCUT2D eigenvalue weighted by Crippen LogP contribution is 2.29. The zero-order valence-electron chi connectivity index (χ0n) is 10.5. The highest BCUT2D eigenvalue weighted by molar-refractivity contribution is 5.50. The van der Waals surface area contributed by atoms with Gasteiger partial charge in [0.15, 0.2) is 0 Å². The molecule has 1 aliphatic rings. The first-order chi connectivity index (χ1) is 7.79. The number of nitrogens with one attached hydrogen (secondary N) is 1. The van der Waals surface area contributed by atoms with Crippen LogP contribution >= 0.6 is 0 Å². The van der Waals surface area contributed by atoms with Gasteiger partial charge in [-0.05, 0) is 50.2 Å². The van der Waals surface area contributed by atoms with Gasteiger partial charge in [0.1, 0.15) is 0 Å². The molecular weight excluding hydrogens is 194 g/mol. The topological polar surface area (TPSA) is 12.0 Å². The zero-order chi connectivity index (χ0) is 11.4. The van der Waals surface area contributed by atoms with Crippen molar-refractivity contribution in [2.75, 3.05) is 5.32 Å². The predicted molar refractivity (Wildman–Crippen MR) is 70.8 cm³/mol. The number of hydrogen-bond donors (Lipinski definition) is 1. The summed E-state index contributed by atoms with van der Waals surface area (Å²) in [5.74, 6) is 0.981. The molecule has 0 spiro atoms. The lowest BCUT2D eigenvalue weighted by atomic mass is 9.84. The Kier molecular flexibility index (Phi) is 3.87. The third-order valence-corrected chi connectivity index (χ3v) is 3.93. The fourth-order valence-corrected chi connectivity index (χ4v) is 2.67. The van der Waals surface area contributed by atoms with E-state index in [1.54, 1.807) is 0 Å². The maximum Gasteiger partial charge on any atom is 0.0372 e. The van der Waals surface area contributed by atoms with Gasteiger partial charge in [-0.1, -0.05) is 31.5 Å². The van der Waals surface area contributed by atoms with E-state index in [4.69, 9.17) is 0 Å². The van der Waals surface area contributed by atoms with Gasteiger partial charge in [-0.3, -0.25) is 0 Å². The SMILES string of the molecule is CCC1CCC(Nc2ccccc2C)CC1. The molecule has 1 aromatic carbocycles. The first-order valence-electron chi connectivity index (χ1n) is 6.61.